The molecule has 2 aromatic carbocycles. The van der Waals surface area contributed by atoms with Crippen LogP contribution in [0.15, 0.2) is 48.5 Å². The number of likely N-dealkylation sites (N-methyl/N-ethyl adjacent to an activating group) is 1. The molecular weight excluding hydrogens is 328 g/mol. The third-order valence-corrected chi connectivity index (χ3v) is 4.17. The third-order valence-electron chi connectivity index (χ3n) is 4.17. The summed E-state index contributed by atoms with van der Waals surface area (Å²) in [6.45, 7) is 0.756. The molecule has 1 atom stereocenters. The molecule has 0 heterocycles. The zero-order valence-corrected chi connectivity index (χ0v) is 16.0. The summed E-state index contributed by atoms with van der Waals surface area (Å²) in [6, 6.07) is 15.8. The van der Waals surface area contributed by atoms with Gasteiger partial charge < -0.3 is 19.7 Å². The number of rotatable bonds is 9. The van der Waals surface area contributed by atoms with Crippen LogP contribution in [0.1, 0.15) is 23.6 Å². The highest BCUT2D eigenvalue weighted by molar-refractivity contribution is 5.76. The maximum atomic E-state index is 12.5. The predicted molar refractivity (Wildman–Crippen MR) is 104 cm³/mol. The molecule has 0 saturated heterocycles. The summed E-state index contributed by atoms with van der Waals surface area (Å²) >= 11 is 0. The van der Waals surface area contributed by atoms with Gasteiger partial charge in [-0.2, -0.15) is 0 Å². The number of hydrogen-bond acceptors (Lipinski definition) is 4. The van der Waals surface area contributed by atoms with Crippen LogP contribution in [0.3, 0.4) is 0 Å². The van der Waals surface area contributed by atoms with Crippen molar-refractivity contribution in [2.24, 2.45) is 0 Å². The zero-order valence-electron chi connectivity index (χ0n) is 16.0. The normalized spacial score (nSPS) is 11.9. The van der Waals surface area contributed by atoms with Crippen LogP contribution in [-0.2, 0) is 11.2 Å². The van der Waals surface area contributed by atoms with E-state index in [1.807, 2.05) is 62.6 Å². The fourth-order valence-electron chi connectivity index (χ4n) is 2.85. The van der Waals surface area contributed by atoms with Crippen LogP contribution in [0, 0.1) is 0 Å². The van der Waals surface area contributed by atoms with Crippen molar-refractivity contribution < 1.29 is 14.3 Å². The number of nitrogens with zero attached hydrogens (tertiary/aromatic N) is 1. The summed E-state index contributed by atoms with van der Waals surface area (Å²) in [7, 11) is 7.23. The Morgan fingerprint density at radius 3 is 2.35 bits per heavy atom. The van der Waals surface area contributed by atoms with Crippen LogP contribution in [0.4, 0.5) is 0 Å². The molecule has 2 aromatic rings. The Bertz CT molecular complexity index is 702. The van der Waals surface area contributed by atoms with E-state index in [1.54, 1.807) is 14.2 Å². The van der Waals surface area contributed by atoms with Crippen molar-refractivity contribution in [3.63, 3.8) is 0 Å². The van der Waals surface area contributed by atoms with Crippen LogP contribution in [0.2, 0.25) is 0 Å². The van der Waals surface area contributed by atoms with Gasteiger partial charge in [-0.3, -0.25) is 4.79 Å². The van der Waals surface area contributed by atoms with Gasteiger partial charge in [0.1, 0.15) is 0 Å². The molecule has 0 saturated carbocycles. The van der Waals surface area contributed by atoms with E-state index in [1.165, 1.54) is 0 Å². The molecule has 0 aliphatic carbocycles. The minimum Gasteiger partial charge on any atom is -0.493 e. The molecule has 0 aliphatic heterocycles. The molecule has 0 spiro atoms. The summed E-state index contributed by atoms with van der Waals surface area (Å²) in [4.78, 5) is 14.5. The van der Waals surface area contributed by atoms with Gasteiger partial charge in [-0.15, -0.1) is 0 Å². The van der Waals surface area contributed by atoms with E-state index >= 15 is 0 Å². The highest BCUT2D eigenvalue weighted by Gasteiger charge is 2.15. The lowest BCUT2D eigenvalue weighted by molar-refractivity contribution is -0.121. The molecule has 0 aliphatic rings. The average Bonchev–Trinajstić information content (AvgIpc) is 2.66. The van der Waals surface area contributed by atoms with Gasteiger partial charge in [0.05, 0.1) is 20.3 Å². The van der Waals surface area contributed by atoms with Crippen molar-refractivity contribution in [1.82, 2.24) is 10.2 Å². The van der Waals surface area contributed by atoms with E-state index in [9.17, 15) is 4.79 Å². The Balaban J connectivity index is 1.98. The summed E-state index contributed by atoms with van der Waals surface area (Å²) in [5, 5.41) is 3.15. The molecular formula is C21H28N2O3. The largest absolute Gasteiger partial charge is 0.493 e. The molecule has 5 heteroatoms. The van der Waals surface area contributed by atoms with Crippen molar-refractivity contribution in [2.75, 3.05) is 34.9 Å². The lowest BCUT2D eigenvalue weighted by Gasteiger charge is -2.23. The van der Waals surface area contributed by atoms with Gasteiger partial charge in [-0.05, 0) is 43.8 Å². The molecule has 0 fully saturated rings. The lowest BCUT2D eigenvalue weighted by atomic mass is 10.1. The molecule has 5 nitrogen and oxygen atoms in total. The minimum absolute atomic E-state index is 0.0240. The Kier molecular flexibility index (Phi) is 7.48. The van der Waals surface area contributed by atoms with Crippen molar-refractivity contribution in [3.05, 3.63) is 59.7 Å². The number of ether oxygens (including phenoxy) is 2. The van der Waals surface area contributed by atoms with Crippen molar-refractivity contribution in [1.29, 1.82) is 0 Å². The van der Waals surface area contributed by atoms with Gasteiger partial charge in [-0.1, -0.05) is 36.4 Å². The van der Waals surface area contributed by atoms with Gasteiger partial charge in [0, 0.05) is 13.0 Å². The SMILES string of the molecule is COc1ccc(CCC(=O)NC(CN(C)C)c2ccccc2)cc1OC. The van der Waals surface area contributed by atoms with E-state index in [4.69, 9.17) is 9.47 Å². The van der Waals surface area contributed by atoms with E-state index in [0.717, 1.165) is 17.7 Å². The maximum absolute atomic E-state index is 12.5. The quantitative estimate of drug-likeness (QED) is 0.750. The predicted octanol–water partition coefficient (Wildman–Crippen LogP) is 3.06. The molecule has 0 bridgehead atoms. The first-order valence-corrected chi connectivity index (χ1v) is 8.73. The van der Waals surface area contributed by atoms with Crippen LogP contribution < -0.4 is 14.8 Å². The highest BCUT2D eigenvalue weighted by Crippen LogP contribution is 2.28. The van der Waals surface area contributed by atoms with Gasteiger partial charge in [0.25, 0.3) is 0 Å². The van der Waals surface area contributed by atoms with Gasteiger partial charge >= 0.3 is 0 Å². The molecule has 1 unspecified atom stereocenters. The van der Waals surface area contributed by atoms with E-state index in [2.05, 4.69) is 10.2 Å². The van der Waals surface area contributed by atoms with Gasteiger partial charge in [-0.25, -0.2) is 0 Å². The first-order valence-electron chi connectivity index (χ1n) is 8.73. The Hall–Kier alpha value is -2.53. The van der Waals surface area contributed by atoms with Crippen LogP contribution >= 0.6 is 0 Å². The van der Waals surface area contributed by atoms with Gasteiger partial charge in [0.15, 0.2) is 11.5 Å². The maximum Gasteiger partial charge on any atom is 0.220 e. The highest BCUT2D eigenvalue weighted by atomic mass is 16.5. The number of nitrogens with one attached hydrogen (secondary N) is 1. The summed E-state index contributed by atoms with van der Waals surface area (Å²) < 4.78 is 10.6. The van der Waals surface area contributed by atoms with Crippen molar-refractivity contribution >= 4 is 5.91 Å². The summed E-state index contributed by atoms with van der Waals surface area (Å²) in [6.07, 6.45) is 1.07. The van der Waals surface area contributed by atoms with E-state index < -0.39 is 0 Å². The molecule has 26 heavy (non-hydrogen) atoms. The molecule has 140 valence electrons. The van der Waals surface area contributed by atoms with Gasteiger partial charge in [0.2, 0.25) is 5.91 Å². The number of amides is 1. The zero-order chi connectivity index (χ0) is 18.9. The third kappa shape index (κ3) is 5.77. The number of aryl methyl sites for hydroxylation is 1. The summed E-state index contributed by atoms with van der Waals surface area (Å²) in [5.74, 6) is 1.41. The van der Waals surface area contributed by atoms with Crippen molar-refractivity contribution in [3.8, 4) is 11.5 Å². The molecule has 0 aromatic heterocycles. The fraction of sp³-hybridized carbons (Fsp3) is 0.381. The van der Waals surface area contributed by atoms with E-state index in [-0.39, 0.29) is 11.9 Å². The molecule has 2 rings (SSSR count). The monoisotopic (exact) mass is 356 g/mol. The number of carbonyl (C=O) groups is 1. The summed E-state index contributed by atoms with van der Waals surface area (Å²) in [5.41, 5.74) is 2.15. The number of methoxy groups -OCH3 is 2. The second kappa shape index (κ2) is 9.82. The number of hydrogen-bond donors (Lipinski definition) is 1. The topological polar surface area (TPSA) is 50.8 Å². The lowest BCUT2D eigenvalue weighted by Crippen LogP contribution is -2.35. The second-order valence-corrected chi connectivity index (χ2v) is 6.48. The first kappa shape index (κ1) is 19.8. The smallest absolute Gasteiger partial charge is 0.220 e. The van der Waals surface area contributed by atoms with Crippen molar-refractivity contribution in [2.45, 2.75) is 18.9 Å². The second-order valence-electron chi connectivity index (χ2n) is 6.48. The molecule has 1 N–H and O–H groups in total. The van der Waals surface area contributed by atoms with E-state index in [0.29, 0.717) is 24.3 Å². The number of benzene rings is 2. The Morgan fingerprint density at radius 1 is 1.04 bits per heavy atom. The first-order chi connectivity index (χ1) is 12.5. The number of carbonyl (C=O) groups excluding carboxylic acids is 1. The standard InChI is InChI=1S/C21H28N2O3/c1-23(2)15-18(17-8-6-5-7-9-17)22-21(24)13-11-16-10-12-19(25-3)20(14-16)26-4/h5-10,12,14,18H,11,13,15H2,1-4H3,(H,22,24). The Labute approximate surface area is 155 Å². The Morgan fingerprint density at radius 2 is 1.73 bits per heavy atom. The molecule has 0 radical (unpaired) electrons. The fourth-order valence-corrected chi connectivity index (χ4v) is 2.85. The molecule has 1 amide bonds. The van der Waals surface area contributed by atoms with Crippen LogP contribution in [0.5, 0.6) is 11.5 Å². The average molecular weight is 356 g/mol. The van der Waals surface area contributed by atoms with Crippen LogP contribution in [-0.4, -0.2) is 45.7 Å². The minimum atomic E-state index is -0.0240. The van der Waals surface area contributed by atoms with Crippen LogP contribution in [0.25, 0.3) is 0 Å².